The molecule has 6 fully saturated rings. The second kappa shape index (κ2) is 6.79. The molecule has 0 amide bonds. The van der Waals surface area contributed by atoms with E-state index in [0.717, 1.165) is 51.6 Å². The predicted octanol–water partition coefficient (Wildman–Crippen LogP) is 4.97. The molecule has 0 radical (unpaired) electrons. The molecule has 6 aliphatic rings. The van der Waals surface area contributed by atoms with Crippen molar-refractivity contribution in [3.8, 4) is 0 Å². The Hall–Kier alpha value is -0.450. The summed E-state index contributed by atoms with van der Waals surface area (Å²) < 4.78 is 13.2. The molecule has 0 aromatic rings. The number of aliphatic hydroxyl groups is 1. The molecule has 4 heteroatoms. The molecule has 0 unspecified atom stereocenters. The predicted molar refractivity (Wildman–Crippen MR) is 118 cm³/mol. The Balaban J connectivity index is 1.30. The van der Waals surface area contributed by atoms with E-state index < -0.39 is 5.79 Å². The molecule has 6 rings (SSSR count). The lowest BCUT2D eigenvalue weighted by atomic mass is 9.44. The first-order valence-corrected chi connectivity index (χ1v) is 13.2. The van der Waals surface area contributed by atoms with E-state index in [-0.39, 0.29) is 29.0 Å². The highest BCUT2D eigenvalue weighted by Crippen LogP contribution is 2.70. The molecular weight excluding hydrogens is 388 g/mol. The summed E-state index contributed by atoms with van der Waals surface area (Å²) in [6, 6.07) is 0. The fraction of sp³-hybridized carbons (Fsp3) is 0.963. The van der Waals surface area contributed by atoms with Crippen molar-refractivity contribution in [2.45, 2.75) is 103 Å². The third kappa shape index (κ3) is 2.68. The van der Waals surface area contributed by atoms with Crippen LogP contribution in [0.3, 0.4) is 0 Å². The van der Waals surface area contributed by atoms with Crippen LogP contribution < -0.4 is 0 Å². The molecule has 12 atom stereocenters. The van der Waals surface area contributed by atoms with Crippen molar-refractivity contribution in [3.05, 3.63) is 0 Å². The fourth-order valence-corrected chi connectivity index (χ4v) is 9.93. The number of hydrogen-bond acceptors (Lipinski definition) is 4. The maximum Gasteiger partial charge on any atom is 0.171 e. The van der Waals surface area contributed by atoms with E-state index in [1.165, 1.54) is 12.8 Å². The van der Waals surface area contributed by atoms with E-state index in [9.17, 15) is 9.90 Å². The zero-order chi connectivity index (χ0) is 21.8. The van der Waals surface area contributed by atoms with Crippen LogP contribution in [-0.2, 0) is 14.3 Å². The van der Waals surface area contributed by atoms with Crippen molar-refractivity contribution in [3.63, 3.8) is 0 Å². The fourth-order valence-electron chi connectivity index (χ4n) is 9.93. The number of rotatable bonds is 0. The Morgan fingerprint density at radius 3 is 2.55 bits per heavy atom. The molecule has 1 spiro atoms. The van der Waals surface area contributed by atoms with Crippen molar-refractivity contribution in [1.29, 1.82) is 0 Å². The zero-order valence-electron chi connectivity index (χ0n) is 19.9. The van der Waals surface area contributed by atoms with Crippen LogP contribution in [0.5, 0.6) is 0 Å². The largest absolute Gasteiger partial charge is 0.393 e. The van der Waals surface area contributed by atoms with Crippen LogP contribution in [0, 0.1) is 52.3 Å². The first-order chi connectivity index (χ1) is 14.7. The van der Waals surface area contributed by atoms with Gasteiger partial charge in [-0.05, 0) is 80.0 Å². The average Bonchev–Trinajstić information content (AvgIpc) is 3.18. The maximum absolute atomic E-state index is 14.0. The van der Waals surface area contributed by atoms with Gasteiger partial charge >= 0.3 is 0 Å². The Morgan fingerprint density at radius 1 is 1.00 bits per heavy atom. The standard InChI is InChI=1S/C27H42O4/c1-15-7-10-27(30-14-15)16(2)24-22(31-27)12-21-19-6-5-17-11-18(28)8-9-25(17,3)20(19)13-23(29)26(21,24)4/h15-22,24,28H,5-14H2,1-4H3/t15-,16+,17-,18-,19-,20+,21+,22+,24+,25+,26-,27-/m1/s1. The number of aliphatic hydroxyl groups excluding tert-OH is 1. The van der Waals surface area contributed by atoms with Crippen molar-refractivity contribution in [1.82, 2.24) is 0 Å². The molecule has 174 valence electrons. The molecule has 0 aromatic carbocycles. The van der Waals surface area contributed by atoms with E-state index >= 15 is 0 Å². The zero-order valence-corrected chi connectivity index (χ0v) is 19.9. The third-order valence-corrected chi connectivity index (χ3v) is 11.8. The summed E-state index contributed by atoms with van der Waals surface area (Å²) in [6.07, 6.45) is 9.39. The SMILES string of the molecule is C[C@@H]1CC[C@@]2(OC1)O[C@H]1C[C@H]3[C@@H]4CC[C@@H]5C[C@H](O)CC[C@]5(C)[C@H]4CC(=O)[C@]3(C)[C@H]1[C@@H]2C. The van der Waals surface area contributed by atoms with E-state index in [2.05, 4.69) is 27.7 Å². The van der Waals surface area contributed by atoms with Gasteiger partial charge < -0.3 is 14.6 Å². The lowest BCUT2D eigenvalue weighted by molar-refractivity contribution is -0.272. The molecule has 2 aliphatic heterocycles. The molecule has 0 aromatic heterocycles. The number of carbonyl (C=O) groups excluding carboxylic acids is 1. The highest BCUT2D eigenvalue weighted by atomic mass is 16.7. The van der Waals surface area contributed by atoms with E-state index in [0.29, 0.717) is 41.3 Å². The van der Waals surface area contributed by atoms with Crippen molar-refractivity contribution in [2.24, 2.45) is 52.3 Å². The van der Waals surface area contributed by atoms with Crippen molar-refractivity contribution in [2.75, 3.05) is 6.61 Å². The van der Waals surface area contributed by atoms with E-state index in [4.69, 9.17) is 9.47 Å². The molecule has 0 bridgehead atoms. The monoisotopic (exact) mass is 430 g/mol. The number of ether oxygens (including phenoxy) is 2. The van der Waals surface area contributed by atoms with E-state index in [1.807, 2.05) is 0 Å². The van der Waals surface area contributed by atoms with Crippen LogP contribution in [0.2, 0.25) is 0 Å². The van der Waals surface area contributed by atoms with Gasteiger partial charge in [0.1, 0.15) is 5.78 Å². The quantitative estimate of drug-likeness (QED) is 0.589. The minimum atomic E-state index is -0.448. The first-order valence-electron chi connectivity index (χ1n) is 13.2. The normalized spacial score (nSPS) is 60.9. The van der Waals surface area contributed by atoms with Crippen LogP contribution in [0.1, 0.15) is 85.5 Å². The number of hydrogen-bond donors (Lipinski definition) is 1. The highest BCUT2D eigenvalue weighted by Gasteiger charge is 2.71. The van der Waals surface area contributed by atoms with Crippen LogP contribution in [-0.4, -0.2) is 35.5 Å². The minimum absolute atomic E-state index is 0.131. The van der Waals surface area contributed by atoms with Crippen LogP contribution in [0.4, 0.5) is 0 Å². The number of ketones is 1. The molecular formula is C27H42O4. The number of Topliss-reactive ketones (excluding diaryl/α,β-unsaturated/α-hetero) is 1. The number of carbonyl (C=O) groups is 1. The van der Waals surface area contributed by atoms with Crippen LogP contribution >= 0.6 is 0 Å². The Bertz CT molecular complexity index is 756. The summed E-state index contributed by atoms with van der Waals surface area (Å²) in [6.45, 7) is 10.1. The van der Waals surface area contributed by atoms with Crippen LogP contribution in [0.15, 0.2) is 0 Å². The molecule has 2 saturated heterocycles. The van der Waals surface area contributed by atoms with Gasteiger partial charge in [-0.15, -0.1) is 0 Å². The van der Waals surface area contributed by atoms with Crippen molar-refractivity contribution >= 4 is 5.78 Å². The molecule has 2 heterocycles. The second-order valence-electron chi connectivity index (χ2n) is 13.0. The summed E-state index contributed by atoms with van der Waals surface area (Å²) >= 11 is 0. The second-order valence-corrected chi connectivity index (χ2v) is 13.0. The molecule has 4 nitrogen and oxygen atoms in total. The van der Waals surface area contributed by atoms with Gasteiger partial charge in [0.05, 0.1) is 18.8 Å². The van der Waals surface area contributed by atoms with Gasteiger partial charge in [-0.25, -0.2) is 0 Å². The van der Waals surface area contributed by atoms with E-state index in [1.54, 1.807) is 0 Å². The topological polar surface area (TPSA) is 55.8 Å². The Kier molecular flexibility index (Phi) is 4.62. The lowest BCUT2D eigenvalue weighted by Crippen LogP contribution is -2.58. The summed E-state index contributed by atoms with van der Waals surface area (Å²) in [5.41, 5.74) is -0.0221. The van der Waals surface area contributed by atoms with Gasteiger partial charge in [0, 0.05) is 30.1 Å². The van der Waals surface area contributed by atoms with Crippen molar-refractivity contribution < 1.29 is 19.4 Å². The summed E-state index contributed by atoms with van der Waals surface area (Å²) in [7, 11) is 0. The molecule has 31 heavy (non-hydrogen) atoms. The Morgan fingerprint density at radius 2 is 1.81 bits per heavy atom. The van der Waals surface area contributed by atoms with Gasteiger partial charge in [-0.3, -0.25) is 4.79 Å². The van der Waals surface area contributed by atoms with Gasteiger partial charge in [-0.2, -0.15) is 0 Å². The first kappa shape index (κ1) is 21.1. The summed E-state index contributed by atoms with van der Waals surface area (Å²) in [5.74, 6) is 3.45. The minimum Gasteiger partial charge on any atom is -0.393 e. The molecule has 4 aliphatic carbocycles. The van der Waals surface area contributed by atoms with Gasteiger partial charge in [0.2, 0.25) is 0 Å². The third-order valence-electron chi connectivity index (χ3n) is 11.8. The molecule has 1 N–H and O–H groups in total. The smallest absolute Gasteiger partial charge is 0.171 e. The van der Waals surface area contributed by atoms with Gasteiger partial charge in [-0.1, -0.05) is 27.7 Å². The van der Waals surface area contributed by atoms with Gasteiger partial charge in [0.15, 0.2) is 5.79 Å². The van der Waals surface area contributed by atoms with Crippen LogP contribution in [0.25, 0.3) is 0 Å². The average molecular weight is 431 g/mol. The summed E-state index contributed by atoms with van der Waals surface area (Å²) in [4.78, 5) is 14.0. The Labute approximate surface area is 187 Å². The highest BCUT2D eigenvalue weighted by molar-refractivity contribution is 5.87. The van der Waals surface area contributed by atoms with Gasteiger partial charge in [0.25, 0.3) is 0 Å². The lowest BCUT2D eigenvalue weighted by Gasteiger charge is -2.60. The number of fused-ring (bicyclic) bond motifs is 7. The maximum atomic E-state index is 14.0. The molecule has 4 saturated carbocycles. The summed E-state index contributed by atoms with van der Waals surface area (Å²) in [5, 5.41) is 10.3.